The number of aliphatic carboxylic acids is 1. The molecule has 0 aliphatic carbocycles. The fourth-order valence-electron chi connectivity index (χ4n) is 2.93. The number of benzene rings is 1. The molecule has 1 N–H and O–H groups in total. The molecule has 1 aromatic heterocycles. The highest BCUT2D eigenvalue weighted by molar-refractivity contribution is 5.76. The van der Waals surface area contributed by atoms with E-state index in [2.05, 4.69) is 5.10 Å². The van der Waals surface area contributed by atoms with E-state index in [1.54, 1.807) is 4.68 Å². The van der Waals surface area contributed by atoms with Crippen LogP contribution in [-0.4, -0.2) is 27.5 Å². The number of fused-ring (bicyclic) bond motifs is 1. The first-order chi connectivity index (χ1) is 10.00. The van der Waals surface area contributed by atoms with E-state index < -0.39 is 11.4 Å². The maximum atomic E-state index is 11.9. The van der Waals surface area contributed by atoms with Crippen LogP contribution in [0.5, 0.6) is 5.75 Å². The highest BCUT2D eigenvalue weighted by Crippen LogP contribution is 2.37. The Morgan fingerprint density at radius 3 is 2.90 bits per heavy atom. The molecule has 0 bridgehead atoms. The molecule has 1 aromatic carbocycles. The van der Waals surface area contributed by atoms with Gasteiger partial charge in [0.25, 0.3) is 0 Å². The molecule has 1 aliphatic heterocycles. The summed E-state index contributed by atoms with van der Waals surface area (Å²) in [5.74, 6) is -0.0357. The van der Waals surface area contributed by atoms with Gasteiger partial charge in [-0.05, 0) is 31.0 Å². The molecule has 1 atom stereocenters. The summed E-state index contributed by atoms with van der Waals surface area (Å²) in [4.78, 5) is 11.9. The lowest BCUT2D eigenvalue weighted by Gasteiger charge is -2.34. The minimum atomic E-state index is -0.936. The number of carbonyl (C=O) groups is 1. The quantitative estimate of drug-likeness (QED) is 0.937. The van der Waals surface area contributed by atoms with Crippen LogP contribution in [0.4, 0.5) is 0 Å². The van der Waals surface area contributed by atoms with E-state index in [1.165, 1.54) is 0 Å². The number of nitrogens with zero attached hydrogens (tertiary/aromatic N) is 2. The van der Waals surface area contributed by atoms with Gasteiger partial charge in [0.05, 0.1) is 5.69 Å². The average molecular weight is 286 g/mol. The Hall–Kier alpha value is -2.30. The molecule has 5 nitrogen and oxygen atoms in total. The van der Waals surface area contributed by atoms with Gasteiger partial charge in [0.15, 0.2) is 0 Å². The molecule has 0 radical (unpaired) electrons. The Kier molecular flexibility index (Phi) is 3.20. The molecule has 110 valence electrons. The molecule has 0 spiro atoms. The number of aromatic nitrogens is 2. The molecule has 2 heterocycles. The highest BCUT2D eigenvalue weighted by Gasteiger charge is 2.43. The van der Waals surface area contributed by atoms with Gasteiger partial charge in [0.1, 0.15) is 17.8 Å². The first-order valence-corrected chi connectivity index (χ1v) is 6.94. The fraction of sp³-hybridized carbons (Fsp3) is 0.375. The van der Waals surface area contributed by atoms with Crippen LogP contribution >= 0.6 is 0 Å². The zero-order valence-corrected chi connectivity index (χ0v) is 12.2. The lowest BCUT2D eigenvalue weighted by molar-refractivity contribution is -0.151. The van der Waals surface area contributed by atoms with Crippen LogP contribution < -0.4 is 4.74 Å². The third-order valence-electron chi connectivity index (χ3n) is 4.08. The minimum Gasteiger partial charge on any atom is -0.492 e. The molecule has 0 saturated heterocycles. The molecular weight excluding hydrogens is 268 g/mol. The van der Waals surface area contributed by atoms with Gasteiger partial charge >= 0.3 is 5.97 Å². The molecule has 0 amide bonds. The molecule has 0 saturated carbocycles. The summed E-state index contributed by atoms with van der Waals surface area (Å²) in [6.07, 6.45) is 0.886. The van der Waals surface area contributed by atoms with Gasteiger partial charge in [0, 0.05) is 19.2 Å². The van der Waals surface area contributed by atoms with Crippen molar-refractivity contribution < 1.29 is 14.6 Å². The average Bonchev–Trinajstić information content (AvgIpc) is 2.76. The Balaban J connectivity index is 1.95. The third-order valence-corrected chi connectivity index (χ3v) is 4.08. The van der Waals surface area contributed by atoms with Crippen molar-refractivity contribution in [1.82, 2.24) is 9.78 Å². The topological polar surface area (TPSA) is 64.3 Å². The standard InChI is InChI=1S/C16H18N2O3/c1-11-7-13(18(2)17-11)9-16(15(19)20)8-12-5-3-4-6-14(12)21-10-16/h3-7H,8-10H2,1-2H3,(H,19,20). The Morgan fingerprint density at radius 1 is 1.48 bits per heavy atom. The van der Waals surface area contributed by atoms with Crippen molar-refractivity contribution in [2.45, 2.75) is 19.8 Å². The van der Waals surface area contributed by atoms with Crippen LogP contribution in [0.3, 0.4) is 0 Å². The van der Waals surface area contributed by atoms with Crippen molar-refractivity contribution in [3.05, 3.63) is 47.3 Å². The SMILES string of the molecule is Cc1cc(CC2(C(=O)O)COc3ccccc3C2)n(C)n1. The summed E-state index contributed by atoms with van der Waals surface area (Å²) in [6, 6.07) is 9.56. The smallest absolute Gasteiger partial charge is 0.313 e. The minimum absolute atomic E-state index is 0.184. The maximum Gasteiger partial charge on any atom is 0.313 e. The number of aryl methyl sites for hydroxylation is 2. The van der Waals surface area contributed by atoms with Gasteiger partial charge in [0.2, 0.25) is 0 Å². The first-order valence-electron chi connectivity index (χ1n) is 6.94. The Bertz CT molecular complexity index is 693. The van der Waals surface area contributed by atoms with Gasteiger partial charge in [-0.3, -0.25) is 9.48 Å². The molecule has 1 unspecified atom stereocenters. The largest absolute Gasteiger partial charge is 0.492 e. The summed E-state index contributed by atoms with van der Waals surface area (Å²) in [5.41, 5.74) is 1.82. The summed E-state index contributed by atoms with van der Waals surface area (Å²) in [5, 5.41) is 14.1. The number of para-hydroxylation sites is 1. The lowest BCUT2D eigenvalue weighted by atomic mass is 9.76. The van der Waals surface area contributed by atoms with E-state index in [0.717, 1.165) is 22.7 Å². The fourth-order valence-corrected chi connectivity index (χ4v) is 2.93. The number of ether oxygens (including phenoxy) is 1. The van der Waals surface area contributed by atoms with Crippen molar-refractivity contribution in [3.63, 3.8) is 0 Å². The van der Waals surface area contributed by atoms with E-state index in [-0.39, 0.29) is 6.61 Å². The van der Waals surface area contributed by atoms with Crippen molar-refractivity contribution >= 4 is 5.97 Å². The van der Waals surface area contributed by atoms with E-state index in [4.69, 9.17) is 4.74 Å². The molecule has 5 heteroatoms. The van der Waals surface area contributed by atoms with E-state index in [9.17, 15) is 9.90 Å². The second-order valence-electron chi connectivity index (χ2n) is 5.74. The Morgan fingerprint density at radius 2 is 2.24 bits per heavy atom. The predicted molar refractivity (Wildman–Crippen MR) is 77.4 cm³/mol. The summed E-state index contributed by atoms with van der Waals surface area (Å²) >= 11 is 0. The van der Waals surface area contributed by atoms with Gasteiger partial charge in [-0.2, -0.15) is 5.10 Å². The van der Waals surface area contributed by atoms with Gasteiger partial charge < -0.3 is 9.84 Å². The maximum absolute atomic E-state index is 11.9. The summed E-state index contributed by atoms with van der Waals surface area (Å²) in [6.45, 7) is 2.09. The monoisotopic (exact) mass is 286 g/mol. The number of hydrogen-bond donors (Lipinski definition) is 1. The second-order valence-corrected chi connectivity index (χ2v) is 5.74. The van der Waals surface area contributed by atoms with E-state index >= 15 is 0 Å². The number of carboxylic acids is 1. The summed E-state index contributed by atoms with van der Waals surface area (Å²) in [7, 11) is 1.84. The van der Waals surface area contributed by atoms with Gasteiger partial charge in [-0.25, -0.2) is 0 Å². The number of rotatable bonds is 3. The zero-order valence-electron chi connectivity index (χ0n) is 12.2. The van der Waals surface area contributed by atoms with Gasteiger partial charge in [-0.1, -0.05) is 18.2 Å². The third kappa shape index (κ3) is 2.39. The van der Waals surface area contributed by atoms with Crippen LogP contribution in [0.25, 0.3) is 0 Å². The van der Waals surface area contributed by atoms with Gasteiger partial charge in [-0.15, -0.1) is 0 Å². The molecule has 21 heavy (non-hydrogen) atoms. The molecule has 2 aromatic rings. The van der Waals surface area contributed by atoms with Crippen LogP contribution in [0, 0.1) is 12.3 Å². The number of hydrogen-bond acceptors (Lipinski definition) is 3. The van der Waals surface area contributed by atoms with Crippen molar-refractivity contribution in [2.24, 2.45) is 12.5 Å². The molecule has 3 rings (SSSR count). The molecule has 1 aliphatic rings. The van der Waals surface area contributed by atoms with Crippen LogP contribution in [0.15, 0.2) is 30.3 Å². The zero-order chi connectivity index (χ0) is 15.0. The lowest BCUT2D eigenvalue weighted by Crippen LogP contribution is -2.44. The van der Waals surface area contributed by atoms with Crippen LogP contribution in [0.2, 0.25) is 0 Å². The van der Waals surface area contributed by atoms with Crippen LogP contribution in [0.1, 0.15) is 17.0 Å². The first kappa shape index (κ1) is 13.7. The molecule has 0 fully saturated rings. The number of carboxylic acid groups (broad SMARTS) is 1. The molecular formula is C16H18N2O3. The van der Waals surface area contributed by atoms with Crippen LogP contribution in [-0.2, 0) is 24.7 Å². The Labute approximate surface area is 123 Å². The second kappa shape index (κ2) is 4.91. The highest BCUT2D eigenvalue weighted by atomic mass is 16.5. The van der Waals surface area contributed by atoms with Crippen molar-refractivity contribution in [3.8, 4) is 5.75 Å². The summed E-state index contributed by atoms with van der Waals surface area (Å²) < 4.78 is 7.46. The van der Waals surface area contributed by atoms with Crippen molar-refractivity contribution in [2.75, 3.05) is 6.61 Å². The van der Waals surface area contributed by atoms with Crippen molar-refractivity contribution in [1.29, 1.82) is 0 Å². The normalized spacial score (nSPS) is 20.7. The van der Waals surface area contributed by atoms with E-state index in [1.807, 2.05) is 44.3 Å². The van der Waals surface area contributed by atoms with E-state index in [0.29, 0.717) is 12.8 Å². The predicted octanol–water partition coefficient (Wildman–Crippen LogP) is 1.98.